The Hall–Kier alpha value is -3.24. The Morgan fingerprint density at radius 1 is 1.11 bits per heavy atom. The van der Waals surface area contributed by atoms with E-state index in [-0.39, 0.29) is 46.8 Å². The van der Waals surface area contributed by atoms with Crippen molar-refractivity contribution in [3.8, 4) is 5.75 Å². The summed E-state index contributed by atoms with van der Waals surface area (Å²) in [4.78, 5) is 26.4. The normalized spacial score (nSPS) is 11.5. The molecule has 0 spiro atoms. The second kappa shape index (κ2) is 10.6. The Kier molecular flexibility index (Phi) is 7.97. The first-order valence-corrected chi connectivity index (χ1v) is 11.0. The number of nitrogens with zero attached hydrogens (tertiary/aromatic N) is 2. The molecule has 0 radical (unpaired) electrons. The zero-order valence-corrected chi connectivity index (χ0v) is 19.7. The van der Waals surface area contributed by atoms with Crippen molar-refractivity contribution in [2.75, 3.05) is 0 Å². The number of carbonyl (C=O) groups is 2. The summed E-state index contributed by atoms with van der Waals surface area (Å²) in [6, 6.07) is 8.80. The van der Waals surface area contributed by atoms with Gasteiger partial charge < -0.3 is 19.5 Å². The highest BCUT2D eigenvalue weighted by atomic mass is 35.5. The van der Waals surface area contributed by atoms with Crippen molar-refractivity contribution in [1.82, 2.24) is 9.55 Å². The molecule has 0 unspecified atom stereocenters. The molecule has 0 aliphatic carbocycles. The van der Waals surface area contributed by atoms with Gasteiger partial charge in [-0.25, -0.2) is 14.6 Å². The van der Waals surface area contributed by atoms with E-state index in [4.69, 9.17) is 27.9 Å². The molecule has 2 N–H and O–H groups in total. The van der Waals surface area contributed by atoms with Crippen LogP contribution < -0.4 is 4.74 Å². The number of hydrogen-bond acceptors (Lipinski definition) is 4. The maximum absolute atomic E-state index is 13.7. The number of carboxylic acids is 2. The Morgan fingerprint density at radius 2 is 1.83 bits per heavy atom. The zero-order valence-electron chi connectivity index (χ0n) is 18.2. The first kappa shape index (κ1) is 26.4. The number of carboxylic acid groups (broad SMARTS) is 2. The molecule has 2 aromatic carbocycles. The molecule has 7 nitrogen and oxygen atoms in total. The number of benzene rings is 2. The number of aromatic carboxylic acids is 2. The van der Waals surface area contributed by atoms with E-state index in [1.165, 1.54) is 30.3 Å². The maximum Gasteiger partial charge on any atom is 0.433 e. The molecule has 0 atom stereocenters. The van der Waals surface area contributed by atoms with Crippen molar-refractivity contribution in [3.05, 3.63) is 80.3 Å². The van der Waals surface area contributed by atoms with Gasteiger partial charge in [-0.1, -0.05) is 48.3 Å². The van der Waals surface area contributed by atoms with Crippen molar-refractivity contribution < 1.29 is 37.7 Å². The van der Waals surface area contributed by atoms with Crippen LogP contribution in [-0.4, -0.2) is 31.7 Å². The van der Waals surface area contributed by atoms with E-state index < -0.39 is 29.5 Å². The van der Waals surface area contributed by atoms with Crippen LogP contribution in [0.15, 0.2) is 36.4 Å². The summed E-state index contributed by atoms with van der Waals surface area (Å²) in [5, 5.41) is 18.5. The van der Waals surface area contributed by atoms with Crippen molar-refractivity contribution in [1.29, 1.82) is 0 Å². The number of aromatic nitrogens is 2. The molecule has 186 valence electrons. The van der Waals surface area contributed by atoms with Gasteiger partial charge >= 0.3 is 18.1 Å². The molecule has 0 bridgehead atoms. The van der Waals surface area contributed by atoms with Gasteiger partial charge in [-0.15, -0.1) is 0 Å². The smallest absolute Gasteiger partial charge is 0.433 e. The Labute approximate surface area is 207 Å². The largest absolute Gasteiger partial charge is 0.487 e. The summed E-state index contributed by atoms with van der Waals surface area (Å²) in [6.45, 7) is 1.34. The monoisotopic (exact) mass is 530 g/mol. The summed E-state index contributed by atoms with van der Waals surface area (Å²) < 4.78 is 47.6. The Bertz CT molecular complexity index is 1270. The van der Waals surface area contributed by atoms with Crippen molar-refractivity contribution in [2.45, 2.75) is 39.1 Å². The fraction of sp³-hybridized carbons (Fsp3) is 0.261. The average Bonchev–Trinajstić information content (AvgIpc) is 3.13. The molecule has 0 amide bonds. The van der Waals surface area contributed by atoms with Crippen LogP contribution >= 0.6 is 23.2 Å². The maximum atomic E-state index is 13.7. The zero-order chi connectivity index (χ0) is 25.9. The molecular weight excluding hydrogens is 512 g/mol. The number of hydrogen-bond donors (Lipinski definition) is 2. The third kappa shape index (κ3) is 5.88. The summed E-state index contributed by atoms with van der Waals surface area (Å²) in [5.74, 6) is -2.75. The first-order chi connectivity index (χ1) is 16.4. The highest BCUT2D eigenvalue weighted by Crippen LogP contribution is 2.35. The third-order valence-electron chi connectivity index (χ3n) is 5.02. The van der Waals surface area contributed by atoms with Gasteiger partial charge in [0.15, 0.2) is 11.4 Å². The van der Waals surface area contributed by atoms with Gasteiger partial charge in [0.05, 0.1) is 15.6 Å². The first-order valence-electron chi connectivity index (χ1n) is 10.3. The minimum absolute atomic E-state index is 0.00151. The SMILES string of the molecule is CCCc1nc(C(=O)O)c(C(F)(F)F)n1Cc1ccc(OCc2cccc(C(=O)O)c2Cl)c(Cl)c1. The number of rotatable bonds is 9. The van der Waals surface area contributed by atoms with Crippen molar-refractivity contribution in [2.24, 2.45) is 0 Å². The summed E-state index contributed by atoms with van der Waals surface area (Å²) in [7, 11) is 0. The van der Waals surface area contributed by atoms with E-state index in [0.29, 0.717) is 17.5 Å². The molecule has 0 aliphatic rings. The van der Waals surface area contributed by atoms with Gasteiger partial charge in [0.1, 0.15) is 18.2 Å². The van der Waals surface area contributed by atoms with E-state index in [9.17, 15) is 33.0 Å². The van der Waals surface area contributed by atoms with Gasteiger partial charge in [0.25, 0.3) is 0 Å². The van der Waals surface area contributed by atoms with E-state index >= 15 is 0 Å². The standard InChI is InChI=1S/C23H19Cl2F3N2O5/c1-2-4-17-29-19(22(33)34)20(23(26,27)28)30(17)10-12-7-8-16(15(24)9-12)35-11-13-5-3-6-14(18(13)25)21(31)32/h3,5-9H,2,4,10-11H2,1H3,(H,31,32)(H,33,34). The van der Waals surface area contributed by atoms with Crippen LogP contribution in [0.3, 0.4) is 0 Å². The lowest BCUT2D eigenvalue weighted by Crippen LogP contribution is -2.19. The van der Waals surface area contributed by atoms with Crippen LogP contribution in [0.5, 0.6) is 5.75 Å². The molecular formula is C23H19Cl2F3N2O5. The fourth-order valence-corrected chi connectivity index (χ4v) is 3.99. The predicted octanol–water partition coefficient (Wildman–Crippen LogP) is 6.18. The molecule has 3 aromatic rings. The number of halogens is 5. The fourth-order valence-electron chi connectivity index (χ4n) is 3.47. The molecule has 1 aromatic heterocycles. The van der Waals surface area contributed by atoms with E-state index in [0.717, 1.165) is 4.57 Å². The van der Waals surface area contributed by atoms with Gasteiger partial charge in [0.2, 0.25) is 0 Å². The Morgan fingerprint density at radius 3 is 2.40 bits per heavy atom. The predicted molar refractivity (Wildman–Crippen MR) is 121 cm³/mol. The van der Waals surface area contributed by atoms with Gasteiger partial charge in [0, 0.05) is 18.5 Å². The lowest BCUT2D eigenvalue weighted by molar-refractivity contribution is -0.144. The molecule has 0 fully saturated rings. The van der Waals surface area contributed by atoms with Crippen LogP contribution in [0.4, 0.5) is 13.2 Å². The van der Waals surface area contributed by atoms with Crippen LogP contribution in [0.2, 0.25) is 10.0 Å². The summed E-state index contributed by atoms with van der Waals surface area (Å²) in [5.41, 5.74) is -1.69. The lowest BCUT2D eigenvalue weighted by Gasteiger charge is -2.16. The minimum atomic E-state index is -4.93. The van der Waals surface area contributed by atoms with Crippen molar-refractivity contribution >= 4 is 35.1 Å². The second-order valence-corrected chi connectivity index (χ2v) is 8.29. The van der Waals surface area contributed by atoms with Crippen LogP contribution in [0.1, 0.15) is 56.8 Å². The van der Waals surface area contributed by atoms with Crippen LogP contribution in [0.25, 0.3) is 0 Å². The quantitative estimate of drug-likeness (QED) is 0.342. The molecule has 0 saturated heterocycles. The van der Waals surface area contributed by atoms with Crippen LogP contribution in [0, 0.1) is 0 Å². The topological polar surface area (TPSA) is 102 Å². The molecule has 0 aliphatic heterocycles. The van der Waals surface area contributed by atoms with E-state index in [1.54, 1.807) is 13.0 Å². The highest BCUT2D eigenvalue weighted by Gasteiger charge is 2.41. The van der Waals surface area contributed by atoms with Gasteiger partial charge in [-0.2, -0.15) is 13.2 Å². The molecule has 35 heavy (non-hydrogen) atoms. The van der Waals surface area contributed by atoms with Crippen LogP contribution in [-0.2, 0) is 25.7 Å². The number of ether oxygens (including phenoxy) is 1. The third-order valence-corrected chi connectivity index (χ3v) is 5.76. The van der Waals surface area contributed by atoms with Gasteiger partial charge in [-0.05, 0) is 30.2 Å². The van der Waals surface area contributed by atoms with E-state index in [1.807, 2.05) is 0 Å². The van der Waals surface area contributed by atoms with E-state index in [2.05, 4.69) is 4.98 Å². The molecule has 12 heteroatoms. The number of imidazole rings is 1. The molecule has 0 saturated carbocycles. The van der Waals surface area contributed by atoms with Gasteiger partial charge in [-0.3, -0.25) is 0 Å². The lowest BCUT2D eigenvalue weighted by atomic mass is 10.1. The van der Waals surface area contributed by atoms with Crippen molar-refractivity contribution in [3.63, 3.8) is 0 Å². The summed E-state index contributed by atoms with van der Waals surface area (Å²) >= 11 is 12.4. The second-order valence-electron chi connectivity index (χ2n) is 7.50. The summed E-state index contributed by atoms with van der Waals surface area (Å²) in [6.07, 6.45) is -4.31. The Balaban J connectivity index is 1.88. The number of alkyl halides is 3. The molecule has 3 rings (SSSR count). The minimum Gasteiger partial charge on any atom is -0.487 e. The highest BCUT2D eigenvalue weighted by molar-refractivity contribution is 6.34. The number of aryl methyl sites for hydroxylation is 1. The molecule has 1 heterocycles. The average molecular weight is 531 g/mol.